The van der Waals surface area contributed by atoms with Crippen molar-refractivity contribution >= 4 is 23.7 Å². The van der Waals surface area contributed by atoms with Gasteiger partial charge in [0.25, 0.3) is 0 Å². The van der Waals surface area contributed by atoms with Crippen LogP contribution in [-0.4, -0.2) is 56.0 Å². The van der Waals surface area contributed by atoms with E-state index in [0.717, 1.165) is 12.8 Å². The van der Waals surface area contributed by atoms with E-state index in [4.69, 9.17) is 5.73 Å². The molecule has 0 aromatic carbocycles. The van der Waals surface area contributed by atoms with Crippen molar-refractivity contribution in [2.45, 2.75) is 37.8 Å². The summed E-state index contributed by atoms with van der Waals surface area (Å²) in [5.74, 6) is -1.94. The summed E-state index contributed by atoms with van der Waals surface area (Å²) in [5.41, 5.74) is 5.71. The molecule has 0 saturated heterocycles. The van der Waals surface area contributed by atoms with Gasteiger partial charge in [-0.25, -0.2) is 0 Å². The average molecular weight is 340 g/mol. The van der Waals surface area contributed by atoms with E-state index in [1.165, 1.54) is 7.11 Å². The smallest absolute Gasteiger partial charge is 0.325 e. The first-order valence-electron chi connectivity index (χ1n) is 8.09. The zero-order valence-electron chi connectivity index (χ0n) is 13.7. The maximum atomic E-state index is 11.9. The number of methoxy groups -OCH3 is 1. The monoisotopic (exact) mass is 340 g/mol. The number of carbonyl (C=O) groups is 4. The van der Waals surface area contributed by atoms with E-state index in [9.17, 15) is 19.2 Å². The van der Waals surface area contributed by atoms with Crippen molar-refractivity contribution in [1.29, 1.82) is 0 Å². The SMILES string of the molecule is COC(=O)CNC(=O)[C@@H]1CC[C@@H]1NC(=O)CNC(=O)[C@@H]1CC[C@@H]1N. The van der Waals surface area contributed by atoms with Crippen molar-refractivity contribution in [2.24, 2.45) is 17.6 Å². The van der Waals surface area contributed by atoms with Crippen molar-refractivity contribution in [2.75, 3.05) is 20.2 Å². The molecule has 0 aliphatic heterocycles. The molecule has 9 nitrogen and oxygen atoms in total. The van der Waals surface area contributed by atoms with Crippen LogP contribution in [0.4, 0.5) is 0 Å². The fourth-order valence-electron chi connectivity index (χ4n) is 2.76. The van der Waals surface area contributed by atoms with Crippen LogP contribution in [0.25, 0.3) is 0 Å². The number of nitrogens with one attached hydrogen (secondary N) is 3. The first-order chi connectivity index (χ1) is 11.4. The third-order valence-electron chi connectivity index (χ3n) is 4.68. The van der Waals surface area contributed by atoms with Crippen LogP contribution < -0.4 is 21.7 Å². The van der Waals surface area contributed by atoms with Crippen molar-refractivity contribution < 1.29 is 23.9 Å². The molecule has 0 radical (unpaired) electrons. The van der Waals surface area contributed by atoms with Crippen LogP contribution in [0.1, 0.15) is 25.7 Å². The highest BCUT2D eigenvalue weighted by molar-refractivity contribution is 5.88. The fraction of sp³-hybridized carbons (Fsp3) is 0.733. The second-order valence-corrected chi connectivity index (χ2v) is 6.22. The molecule has 9 heteroatoms. The number of nitrogens with two attached hydrogens (primary N) is 1. The number of amides is 3. The predicted molar refractivity (Wildman–Crippen MR) is 83.4 cm³/mol. The van der Waals surface area contributed by atoms with Gasteiger partial charge in [-0.2, -0.15) is 0 Å². The van der Waals surface area contributed by atoms with E-state index < -0.39 is 5.97 Å². The highest BCUT2D eigenvalue weighted by Crippen LogP contribution is 2.27. The van der Waals surface area contributed by atoms with Gasteiger partial charge in [0.15, 0.2) is 0 Å². The molecular formula is C15H24N4O5. The summed E-state index contributed by atoms with van der Waals surface area (Å²) < 4.78 is 4.45. The Labute approximate surface area is 140 Å². The van der Waals surface area contributed by atoms with Crippen LogP contribution in [0.15, 0.2) is 0 Å². The van der Waals surface area contributed by atoms with E-state index in [-0.39, 0.29) is 54.7 Å². The zero-order valence-corrected chi connectivity index (χ0v) is 13.7. The summed E-state index contributed by atoms with van der Waals surface area (Å²) in [6, 6.07) is -0.402. The van der Waals surface area contributed by atoms with E-state index >= 15 is 0 Å². The van der Waals surface area contributed by atoms with Gasteiger partial charge < -0.3 is 26.4 Å². The quantitative estimate of drug-likeness (QED) is 0.396. The number of ether oxygens (including phenoxy) is 1. The van der Waals surface area contributed by atoms with Crippen molar-refractivity contribution in [1.82, 2.24) is 16.0 Å². The van der Waals surface area contributed by atoms with Gasteiger partial charge in [0, 0.05) is 12.1 Å². The van der Waals surface area contributed by atoms with Crippen LogP contribution in [0, 0.1) is 11.8 Å². The maximum absolute atomic E-state index is 11.9. The molecule has 2 saturated carbocycles. The van der Waals surface area contributed by atoms with Crippen LogP contribution in [0.2, 0.25) is 0 Å². The molecule has 0 aromatic rings. The molecular weight excluding hydrogens is 316 g/mol. The summed E-state index contributed by atoms with van der Waals surface area (Å²) in [4.78, 5) is 46.6. The standard InChI is InChI=1S/C15H24N4O5/c1-24-13(21)7-18-15(23)9-3-5-11(9)19-12(20)6-17-14(22)8-2-4-10(8)16/h8-11H,2-7,16H2,1H3,(H,17,22)(H,18,23)(H,19,20)/t8-,9-,10+,11+/m1/s1. The Balaban J connectivity index is 1.67. The largest absolute Gasteiger partial charge is 0.468 e. The lowest BCUT2D eigenvalue weighted by molar-refractivity contribution is -0.142. The summed E-state index contributed by atoms with van der Waals surface area (Å²) in [6.45, 7) is -0.320. The van der Waals surface area contributed by atoms with Crippen molar-refractivity contribution in [3.8, 4) is 0 Å². The first kappa shape index (κ1) is 18.2. The van der Waals surface area contributed by atoms with Crippen molar-refractivity contribution in [3.63, 3.8) is 0 Å². The third-order valence-corrected chi connectivity index (χ3v) is 4.68. The van der Waals surface area contributed by atoms with Crippen molar-refractivity contribution in [3.05, 3.63) is 0 Å². The Morgan fingerprint density at radius 1 is 0.958 bits per heavy atom. The van der Waals surface area contributed by atoms with Gasteiger partial charge >= 0.3 is 5.97 Å². The second-order valence-electron chi connectivity index (χ2n) is 6.22. The van der Waals surface area contributed by atoms with Gasteiger partial charge in [0.1, 0.15) is 6.54 Å². The maximum Gasteiger partial charge on any atom is 0.325 e. The molecule has 0 aromatic heterocycles. The molecule has 0 heterocycles. The van der Waals surface area contributed by atoms with Gasteiger partial charge in [0.2, 0.25) is 17.7 Å². The van der Waals surface area contributed by atoms with E-state index in [2.05, 4.69) is 20.7 Å². The predicted octanol–water partition coefficient (Wildman–Crippen LogP) is -1.98. The van der Waals surface area contributed by atoms with Gasteiger partial charge in [-0.05, 0) is 25.7 Å². The molecule has 0 bridgehead atoms. The number of hydrogen-bond acceptors (Lipinski definition) is 6. The Morgan fingerprint density at radius 3 is 2.08 bits per heavy atom. The summed E-state index contributed by atoms with van der Waals surface area (Å²) in [6.07, 6.45) is 2.90. The Morgan fingerprint density at radius 2 is 1.58 bits per heavy atom. The van der Waals surface area contributed by atoms with Crippen LogP contribution in [-0.2, 0) is 23.9 Å². The summed E-state index contributed by atoms with van der Waals surface area (Å²) in [7, 11) is 1.24. The molecule has 2 rings (SSSR count). The summed E-state index contributed by atoms with van der Waals surface area (Å²) >= 11 is 0. The molecule has 3 amide bonds. The zero-order chi connectivity index (χ0) is 17.7. The molecule has 0 spiro atoms. The Kier molecular flexibility index (Phi) is 6.13. The highest BCUT2D eigenvalue weighted by Gasteiger charge is 2.38. The van der Waals surface area contributed by atoms with Gasteiger partial charge in [-0.1, -0.05) is 0 Å². The van der Waals surface area contributed by atoms with Crippen LogP contribution in [0.5, 0.6) is 0 Å². The molecule has 24 heavy (non-hydrogen) atoms. The minimum Gasteiger partial charge on any atom is -0.468 e. The molecule has 0 unspecified atom stereocenters. The van der Waals surface area contributed by atoms with Crippen LogP contribution in [0.3, 0.4) is 0 Å². The number of esters is 1. The molecule has 2 aliphatic carbocycles. The van der Waals surface area contributed by atoms with E-state index in [0.29, 0.717) is 12.8 Å². The highest BCUT2D eigenvalue weighted by atomic mass is 16.5. The van der Waals surface area contributed by atoms with Gasteiger partial charge in [-0.3, -0.25) is 19.2 Å². The topological polar surface area (TPSA) is 140 Å². The van der Waals surface area contributed by atoms with E-state index in [1.54, 1.807) is 0 Å². The number of hydrogen-bond donors (Lipinski definition) is 4. The lowest BCUT2D eigenvalue weighted by Crippen LogP contribution is -2.55. The van der Waals surface area contributed by atoms with E-state index in [1.807, 2.05) is 0 Å². The van der Waals surface area contributed by atoms with Gasteiger partial charge in [-0.15, -0.1) is 0 Å². The number of carbonyl (C=O) groups excluding carboxylic acids is 4. The fourth-order valence-corrected chi connectivity index (χ4v) is 2.76. The second kappa shape index (κ2) is 8.09. The minimum atomic E-state index is -0.528. The lowest BCUT2D eigenvalue weighted by atomic mass is 9.78. The molecule has 5 N–H and O–H groups in total. The Bertz CT molecular complexity index is 524. The minimum absolute atomic E-state index is 0.123. The molecule has 2 fully saturated rings. The molecule has 134 valence electrons. The van der Waals surface area contributed by atoms with Crippen LogP contribution >= 0.6 is 0 Å². The summed E-state index contributed by atoms with van der Waals surface area (Å²) in [5, 5.41) is 7.77. The molecule has 2 aliphatic rings. The lowest BCUT2D eigenvalue weighted by Gasteiger charge is -2.36. The number of rotatable bonds is 7. The normalized spacial score (nSPS) is 27.9. The average Bonchev–Trinajstić information content (AvgIpc) is 2.53. The first-order valence-corrected chi connectivity index (χ1v) is 8.09. The van der Waals surface area contributed by atoms with Gasteiger partial charge in [0.05, 0.1) is 25.5 Å². The Hall–Kier alpha value is -2.16. The molecule has 4 atom stereocenters. The third kappa shape index (κ3) is 4.44.